The van der Waals surface area contributed by atoms with Crippen LogP contribution in [0.4, 0.5) is 4.79 Å². The lowest BCUT2D eigenvalue weighted by Gasteiger charge is -2.25. The van der Waals surface area contributed by atoms with Crippen LogP contribution in [0.5, 0.6) is 0 Å². The topological polar surface area (TPSA) is 138 Å². The molecule has 0 saturated carbocycles. The number of hydrogen-bond donors (Lipinski definition) is 2. The first-order chi connectivity index (χ1) is 9.99. The van der Waals surface area contributed by atoms with Crippen molar-refractivity contribution in [2.24, 2.45) is 5.92 Å². The lowest BCUT2D eigenvalue weighted by molar-refractivity contribution is -0.757. The molecule has 2 saturated heterocycles. The summed E-state index contributed by atoms with van der Waals surface area (Å²) in [6, 6.07) is 0. The van der Waals surface area contributed by atoms with E-state index in [9.17, 15) is 20.0 Å². The van der Waals surface area contributed by atoms with Crippen LogP contribution >= 0.6 is 0 Å². The molecule has 0 radical (unpaired) electrons. The molecule has 0 amide bonds. The van der Waals surface area contributed by atoms with Crippen LogP contribution in [0.2, 0.25) is 0 Å². The van der Waals surface area contributed by atoms with Gasteiger partial charge >= 0.3 is 6.16 Å². The zero-order valence-electron chi connectivity index (χ0n) is 11.1. The highest BCUT2D eigenvalue weighted by Crippen LogP contribution is 2.35. The molecule has 120 valence electrons. The molecule has 2 fully saturated rings. The third-order valence-corrected chi connectivity index (χ3v) is 3.62. The fourth-order valence-electron chi connectivity index (χ4n) is 2.74. The highest BCUT2D eigenvalue weighted by molar-refractivity contribution is 5.57. The van der Waals surface area contributed by atoms with Gasteiger partial charge in [0.05, 0.1) is 25.9 Å². The van der Waals surface area contributed by atoms with Gasteiger partial charge in [-0.25, -0.2) is 4.79 Å². The first-order valence-electron chi connectivity index (χ1n) is 6.57. The highest BCUT2D eigenvalue weighted by atomic mass is 16.9. The summed E-state index contributed by atoms with van der Waals surface area (Å²) < 4.78 is 15.7. The summed E-state index contributed by atoms with van der Waals surface area (Å²) in [5.41, 5.74) is 0. The molecule has 2 aliphatic rings. The largest absolute Gasteiger partial charge is 0.506 e. The minimum Gasteiger partial charge on any atom is -0.450 e. The van der Waals surface area contributed by atoms with Crippen molar-refractivity contribution in [1.82, 2.24) is 0 Å². The third-order valence-electron chi connectivity index (χ3n) is 3.62. The Bertz CT molecular complexity index is 390. The van der Waals surface area contributed by atoms with Gasteiger partial charge in [-0.2, -0.15) is 0 Å². The molecule has 21 heavy (non-hydrogen) atoms. The molecule has 0 aromatic carbocycles. The first-order valence-corrected chi connectivity index (χ1v) is 6.57. The van der Waals surface area contributed by atoms with Crippen molar-refractivity contribution in [2.75, 3.05) is 19.8 Å². The Morgan fingerprint density at radius 3 is 2.76 bits per heavy atom. The minimum absolute atomic E-state index is 0.135. The van der Waals surface area contributed by atoms with E-state index in [4.69, 9.17) is 19.3 Å². The van der Waals surface area contributed by atoms with Gasteiger partial charge in [-0.05, 0) is 12.8 Å². The highest BCUT2D eigenvalue weighted by Gasteiger charge is 2.50. The van der Waals surface area contributed by atoms with E-state index in [1.165, 1.54) is 0 Å². The zero-order valence-corrected chi connectivity index (χ0v) is 11.1. The van der Waals surface area contributed by atoms with Gasteiger partial charge in [0.25, 0.3) is 5.09 Å². The maximum absolute atomic E-state index is 10.8. The van der Waals surface area contributed by atoms with E-state index in [2.05, 4.69) is 4.84 Å². The van der Waals surface area contributed by atoms with E-state index in [0.29, 0.717) is 0 Å². The normalized spacial score (nSPS) is 32.4. The number of ether oxygens (including phenoxy) is 3. The maximum Gasteiger partial charge on any atom is 0.506 e. The molecule has 0 aliphatic carbocycles. The van der Waals surface area contributed by atoms with Crippen molar-refractivity contribution < 1.29 is 39.1 Å². The molecule has 2 rings (SSSR count). The van der Waals surface area contributed by atoms with E-state index < -0.39 is 35.7 Å². The van der Waals surface area contributed by atoms with Crippen molar-refractivity contribution >= 4 is 6.16 Å². The van der Waals surface area contributed by atoms with E-state index in [-0.39, 0.29) is 38.6 Å². The molecule has 2 N–H and O–H groups in total. The van der Waals surface area contributed by atoms with E-state index >= 15 is 0 Å². The van der Waals surface area contributed by atoms with Gasteiger partial charge in [-0.3, -0.25) is 0 Å². The van der Waals surface area contributed by atoms with Gasteiger partial charge in [-0.1, -0.05) is 0 Å². The van der Waals surface area contributed by atoms with Gasteiger partial charge < -0.3 is 29.3 Å². The van der Waals surface area contributed by atoms with E-state index in [0.717, 1.165) is 0 Å². The smallest absolute Gasteiger partial charge is 0.450 e. The molecule has 2 aliphatic heterocycles. The van der Waals surface area contributed by atoms with Gasteiger partial charge in [0, 0.05) is 5.92 Å². The Kier molecular flexibility index (Phi) is 5.15. The number of aliphatic hydroxyl groups excluding tert-OH is 1. The molecule has 0 spiro atoms. The monoisotopic (exact) mass is 307 g/mol. The molecule has 10 nitrogen and oxygen atoms in total. The summed E-state index contributed by atoms with van der Waals surface area (Å²) in [6.07, 6.45) is -3.30. The zero-order chi connectivity index (χ0) is 15.4. The van der Waals surface area contributed by atoms with Gasteiger partial charge in [0.15, 0.2) is 0 Å². The van der Waals surface area contributed by atoms with Crippen LogP contribution in [0.25, 0.3) is 0 Å². The maximum atomic E-state index is 10.8. The molecular weight excluding hydrogens is 290 g/mol. The van der Waals surface area contributed by atoms with Gasteiger partial charge in [0.1, 0.15) is 18.3 Å². The fraction of sp³-hybridized carbons (Fsp3) is 0.909. The molecule has 0 bridgehead atoms. The number of nitrogens with zero attached hydrogens (tertiary/aromatic N) is 1. The fourth-order valence-corrected chi connectivity index (χ4v) is 2.74. The average molecular weight is 307 g/mol. The summed E-state index contributed by atoms with van der Waals surface area (Å²) in [5.74, 6) is -0.348. The Hall–Kier alpha value is -1.65. The Balaban J connectivity index is 1.89. The minimum atomic E-state index is -1.43. The second-order valence-corrected chi connectivity index (χ2v) is 4.95. The predicted molar refractivity (Wildman–Crippen MR) is 64.1 cm³/mol. The van der Waals surface area contributed by atoms with Gasteiger partial charge in [0.2, 0.25) is 0 Å². The third kappa shape index (κ3) is 3.93. The predicted octanol–water partition coefficient (Wildman–Crippen LogP) is -0.187. The second-order valence-electron chi connectivity index (χ2n) is 4.95. The summed E-state index contributed by atoms with van der Waals surface area (Å²) >= 11 is 0. The summed E-state index contributed by atoms with van der Waals surface area (Å²) in [7, 11) is 0. The van der Waals surface area contributed by atoms with Crippen LogP contribution in [0.3, 0.4) is 0 Å². The van der Waals surface area contributed by atoms with Crippen LogP contribution in [0.1, 0.15) is 12.8 Å². The molecule has 0 aromatic heterocycles. The SMILES string of the molecule is O=C(O)OC(CCCO[N+](=O)[O-])C1COC2C(O)COC12. The van der Waals surface area contributed by atoms with Crippen LogP contribution in [0, 0.1) is 16.0 Å². The van der Waals surface area contributed by atoms with E-state index in [1.807, 2.05) is 0 Å². The number of hydrogen-bond acceptors (Lipinski definition) is 8. The van der Waals surface area contributed by atoms with Crippen molar-refractivity contribution in [1.29, 1.82) is 0 Å². The van der Waals surface area contributed by atoms with Crippen LogP contribution < -0.4 is 0 Å². The lowest BCUT2D eigenvalue weighted by Crippen LogP contribution is -2.37. The van der Waals surface area contributed by atoms with Crippen molar-refractivity contribution in [3.05, 3.63) is 10.1 Å². The molecule has 5 unspecified atom stereocenters. The second kappa shape index (κ2) is 6.87. The Labute approximate surface area is 119 Å². The average Bonchev–Trinajstić information content (AvgIpc) is 2.96. The quantitative estimate of drug-likeness (QED) is 0.283. The van der Waals surface area contributed by atoms with Crippen molar-refractivity contribution in [3.8, 4) is 0 Å². The molecular formula is C11H17NO9. The summed E-state index contributed by atoms with van der Waals surface area (Å²) in [5, 5.41) is 27.6. The Morgan fingerprint density at radius 2 is 2.10 bits per heavy atom. The number of rotatable bonds is 7. The lowest BCUT2D eigenvalue weighted by atomic mass is 9.92. The van der Waals surface area contributed by atoms with Crippen molar-refractivity contribution in [3.63, 3.8) is 0 Å². The standard InChI is InChI=1S/C11H17NO9/c13-7-5-19-9-6(4-18-10(7)9)8(21-11(14)15)2-1-3-20-12(16)17/h6-10,13H,1-5H2,(H,14,15). The molecule has 5 atom stereocenters. The first kappa shape index (κ1) is 15.7. The summed E-state index contributed by atoms with van der Waals surface area (Å²) in [4.78, 5) is 25.0. The van der Waals surface area contributed by atoms with Crippen LogP contribution in [0.15, 0.2) is 0 Å². The molecule has 10 heteroatoms. The van der Waals surface area contributed by atoms with E-state index in [1.54, 1.807) is 0 Å². The van der Waals surface area contributed by atoms with Crippen molar-refractivity contribution in [2.45, 2.75) is 37.3 Å². The Morgan fingerprint density at radius 1 is 1.38 bits per heavy atom. The molecule has 2 heterocycles. The summed E-state index contributed by atoms with van der Waals surface area (Å²) in [6.45, 7) is 0.203. The van der Waals surface area contributed by atoms with Crippen LogP contribution in [-0.2, 0) is 19.0 Å². The number of aliphatic hydroxyl groups is 1. The van der Waals surface area contributed by atoms with Gasteiger partial charge in [-0.15, -0.1) is 10.1 Å². The van der Waals surface area contributed by atoms with Crippen LogP contribution in [-0.4, -0.2) is 65.7 Å². The number of carboxylic acid groups (broad SMARTS) is 1. The molecule has 0 aromatic rings. The number of fused-ring (bicyclic) bond motifs is 1. The number of carbonyl (C=O) groups is 1.